The molecule has 0 unspecified atom stereocenters. The molecule has 1 fully saturated rings. The summed E-state index contributed by atoms with van der Waals surface area (Å²) in [6.45, 7) is 4.45. The van der Waals surface area contributed by atoms with Crippen LogP contribution < -0.4 is 20.3 Å². The molecule has 0 bridgehead atoms. The van der Waals surface area contributed by atoms with Gasteiger partial charge in [0, 0.05) is 46.0 Å². The van der Waals surface area contributed by atoms with E-state index in [-0.39, 0.29) is 12.7 Å². The number of piperidine rings is 1. The highest BCUT2D eigenvalue weighted by atomic mass is 35.5. The predicted octanol–water partition coefficient (Wildman–Crippen LogP) is 6.00. The molecule has 1 aliphatic rings. The molecule has 3 aromatic heterocycles. The van der Waals surface area contributed by atoms with Crippen molar-refractivity contribution in [3.63, 3.8) is 0 Å². The molecule has 1 aliphatic heterocycles. The van der Waals surface area contributed by atoms with Crippen LogP contribution in [0.2, 0.25) is 5.02 Å². The van der Waals surface area contributed by atoms with Gasteiger partial charge in [0.25, 0.3) is 11.6 Å². The number of hydrogen-bond donors (Lipinski definition) is 1. The van der Waals surface area contributed by atoms with Crippen LogP contribution in [0.5, 0.6) is 11.8 Å². The number of nitrogens with one attached hydrogen (secondary N) is 1. The number of aromatic nitrogens is 3. The Morgan fingerprint density at radius 1 is 1.23 bits per heavy atom. The van der Waals surface area contributed by atoms with Crippen LogP contribution in [0.25, 0.3) is 21.3 Å². The van der Waals surface area contributed by atoms with Gasteiger partial charge in [0.05, 0.1) is 10.2 Å². The molecular formula is C27H26ClF3N4O3S. The van der Waals surface area contributed by atoms with Gasteiger partial charge in [0.15, 0.2) is 0 Å². The number of halogens is 4. The van der Waals surface area contributed by atoms with Crippen molar-refractivity contribution in [3.8, 4) is 22.9 Å². The van der Waals surface area contributed by atoms with E-state index in [9.17, 15) is 18.0 Å². The molecule has 0 aliphatic carbocycles. The summed E-state index contributed by atoms with van der Waals surface area (Å²) in [6, 6.07) is 8.01. The van der Waals surface area contributed by atoms with Crippen LogP contribution in [0, 0.1) is 12.8 Å². The molecular weight excluding hydrogens is 553 g/mol. The number of nitrogens with zero attached hydrogens (tertiary/aromatic N) is 3. The molecule has 0 spiro atoms. The average molecular weight is 579 g/mol. The molecule has 1 N–H and O–H groups in total. The Morgan fingerprint density at radius 3 is 2.82 bits per heavy atom. The second kappa shape index (κ2) is 11.1. The smallest absolute Gasteiger partial charge is 0.406 e. The zero-order valence-corrected chi connectivity index (χ0v) is 22.8. The number of fused-ring (bicyclic) bond motifs is 1. The molecule has 0 saturated carbocycles. The van der Waals surface area contributed by atoms with E-state index in [4.69, 9.17) is 21.1 Å². The largest absolute Gasteiger partial charge is 0.488 e. The summed E-state index contributed by atoms with van der Waals surface area (Å²) >= 11 is 7.87. The first-order valence-electron chi connectivity index (χ1n) is 12.4. The van der Waals surface area contributed by atoms with Crippen LogP contribution in [0.15, 0.2) is 47.5 Å². The van der Waals surface area contributed by atoms with Crippen LogP contribution in [0.1, 0.15) is 23.8 Å². The van der Waals surface area contributed by atoms with Crippen LogP contribution in [0.3, 0.4) is 0 Å². The third-order valence-electron chi connectivity index (χ3n) is 6.56. The summed E-state index contributed by atoms with van der Waals surface area (Å²) in [6.07, 6.45) is -0.748. The van der Waals surface area contributed by atoms with Gasteiger partial charge in [-0.25, -0.2) is 0 Å². The highest BCUT2D eigenvalue weighted by Gasteiger charge is 2.29. The third-order valence-corrected chi connectivity index (χ3v) is 7.91. The van der Waals surface area contributed by atoms with E-state index in [2.05, 4.69) is 22.2 Å². The molecule has 0 amide bonds. The number of rotatable bonds is 7. The lowest BCUT2D eigenvalue weighted by molar-refractivity contribution is -0.141. The summed E-state index contributed by atoms with van der Waals surface area (Å²) in [7, 11) is 0. The summed E-state index contributed by atoms with van der Waals surface area (Å²) in [5.41, 5.74) is 2.64. The fraction of sp³-hybridized carbons (Fsp3) is 0.370. The minimum atomic E-state index is -4.49. The Balaban J connectivity index is 1.47. The Bertz CT molecular complexity index is 1560. The quantitative estimate of drug-likeness (QED) is 0.290. The summed E-state index contributed by atoms with van der Waals surface area (Å²) in [5, 5.41) is 3.97. The van der Waals surface area contributed by atoms with E-state index in [1.54, 1.807) is 6.20 Å². The van der Waals surface area contributed by atoms with Gasteiger partial charge in [0.2, 0.25) is 0 Å². The van der Waals surface area contributed by atoms with Crippen LogP contribution in [-0.2, 0) is 13.2 Å². The topological polar surface area (TPSA) is 78.3 Å². The van der Waals surface area contributed by atoms with Gasteiger partial charge in [-0.2, -0.15) is 18.2 Å². The third kappa shape index (κ3) is 6.37. The number of pyridine rings is 1. The second-order valence-electron chi connectivity index (χ2n) is 9.59. The monoisotopic (exact) mass is 578 g/mol. The van der Waals surface area contributed by atoms with Gasteiger partial charge >= 0.3 is 6.18 Å². The molecule has 1 saturated heterocycles. The maximum Gasteiger partial charge on any atom is 0.406 e. The van der Waals surface area contributed by atoms with E-state index in [1.165, 1.54) is 11.3 Å². The van der Waals surface area contributed by atoms with Crippen molar-refractivity contribution in [1.82, 2.24) is 19.9 Å². The summed E-state index contributed by atoms with van der Waals surface area (Å²) < 4.78 is 52.7. The van der Waals surface area contributed by atoms with Gasteiger partial charge in [-0.05, 0) is 55.6 Å². The minimum absolute atomic E-state index is 0.00896. The Hall–Kier alpha value is -3.15. The van der Waals surface area contributed by atoms with Crippen molar-refractivity contribution in [2.45, 2.75) is 45.7 Å². The van der Waals surface area contributed by atoms with E-state index in [0.717, 1.165) is 63.5 Å². The summed E-state index contributed by atoms with van der Waals surface area (Å²) in [5.74, 6) is 1.14. The predicted molar refractivity (Wildman–Crippen MR) is 145 cm³/mol. The molecule has 12 heteroatoms. The second-order valence-corrected chi connectivity index (χ2v) is 11.2. The highest BCUT2D eigenvalue weighted by molar-refractivity contribution is 7.19. The molecule has 0 radical (unpaired) electrons. The molecule has 4 aromatic rings. The average Bonchev–Trinajstić information content (AvgIpc) is 3.29. The van der Waals surface area contributed by atoms with Gasteiger partial charge in [-0.1, -0.05) is 18.5 Å². The zero-order valence-electron chi connectivity index (χ0n) is 21.2. The highest BCUT2D eigenvalue weighted by Crippen LogP contribution is 2.42. The first kappa shape index (κ1) is 27.4. The molecule has 1 aromatic carbocycles. The summed E-state index contributed by atoms with van der Waals surface area (Å²) in [4.78, 5) is 20.5. The van der Waals surface area contributed by atoms with Gasteiger partial charge < -0.3 is 14.8 Å². The van der Waals surface area contributed by atoms with Crippen molar-refractivity contribution in [2.75, 3.05) is 13.1 Å². The Kier molecular flexibility index (Phi) is 7.84. The number of hydrogen-bond acceptors (Lipinski definition) is 7. The van der Waals surface area contributed by atoms with Crippen molar-refractivity contribution in [2.24, 2.45) is 5.92 Å². The van der Waals surface area contributed by atoms with Crippen molar-refractivity contribution in [3.05, 3.63) is 68.5 Å². The lowest BCUT2D eigenvalue weighted by Crippen LogP contribution is -2.43. The molecule has 39 heavy (non-hydrogen) atoms. The minimum Gasteiger partial charge on any atom is -0.488 e. The Labute approximate surface area is 231 Å². The number of ether oxygens (including phenoxy) is 2. The molecule has 4 heterocycles. The van der Waals surface area contributed by atoms with Crippen LogP contribution in [-0.4, -0.2) is 39.9 Å². The number of aryl methyl sites for hydroxylation is 1. The van der Waals surface area contributed by atoms with Crippen molar-refractivity contribution in [1.29, 1.82) is 0 Å². The lowest BCUT2D eigenvalue weighted by Gasteiger charge is -2.31. The van der Waals surface area contributed by atoms with Crippen LogP contribution in [0.4, 0.5) is 13.2 Å². The maximum absolute atomic E-state index is 13.0. The zero-order chi connectivity index (χ0) is 27.7. The van der Waals surface area contributed by atoms with E-state index >= 15 is 0 Å². The van der Waals surface area contributed by atoms with Crippen molar-refractivity contribution >= 4 is 33.2 Å². The normalized spacial score (nSPS) is 17.9. The molecule has 7 nitrogen and oxygen atoms in total. The van der Waals surface area contributed by atoms with E-state index in [0.29, 0.717) is 21.3 Å². The van der Waals surface area contributed by atoms with Gasteiger partial charge in [-0.15, -0.1) is 11.3 Å². The van der Waals surface area contributed by atoms with Crippen molar-refractivity contribution < 1.29 is 22.6 Å². The van der Waals surface area contributed by atoms with Gasteiger partial charge in [-0.3, -0.25) is 14.3 Å². The first-order chi connectivity index (χ1) is 18.6. The SMILES string of the molecule is Cc1cc(Cl)cc(-c2ccnc3cc(COc4nc(=O)ccn4CC(F)(F)F)sc23)c1O[C@H]1CNCC[C@H]1C. The standard InChI is InChI=1S/C27H26ClF3N4O3S/c1-15-3-6-32-12-22(15)38-24-16(2)9-17(28)10-20(24)19-4-7-33-21-11-18(39-25(19)21)13-37-26-34-23(36)5-8-35(26)14-27(29,30)31/h4-5,7-11,15,22,32H,3,6,12-14H2,1-2H3/t15-,22+/m1/s1. The maximum atomic E-state index is 13.0. The molecule has 5 rings (SSSR count). The fourth-order valence-electron chi connectivity index (χ4n) is 4.61. The molecule has 206 valence electrons. The number of alkyl halides is 3. The fourth-order valence-corrected chi connectivity index (χ4v) is 5.93. The van der Waals surface area contributed by atoms with Crippen LogP contribution >= 0.6 is 22.9 Å². The van der Waals surface area contributed by atoms with E-state index in [1.807, 2.05) is 31.2 Å². The number of thiophene rings is 1. The van der Waals surface area contributed by atoms with E-state index < -0.39 is 24.3 Å². The molecule has 2 atom stereocenters. The lowest BCUT2D eigenvalue weighted by atomic mass is 9.96. The number of benzene rings is 1. The van der Waals surface area contributed by atoms with Gasteiger partial charge in [0.1, 0.15) is 25.0 Å². The first-order valence-corrected chi connectivity index (χ1v) is 13.6. The Morgan fingerprint density at radius 2 is 2.05 bits per heavy atom.